The number of aromatic carboxylic acids is 1. The van der Waals surface area contributed by atoms with Crippen LogP contribution < -0.4 is 4.90 Å². The van der Waals surface area contributed by atoms with Gasteiger partial charge in [0.05, 0.1) is 12.2 Å². The number of hydrogen-bond acceptors (Lipinski definition) is 4. The van der Waals surface area contributed by atoms with Gasteiger partial charge in [-0.25, -0.2) is 9.78 Å². The zero-order chi connectivity index (χ0) is 17.7. The molecular weight excluding hydrogens is 304 g/mol. The van der Waals surface area contributed by atoms with Crippen LogP contribution in [0.25, 0.3) is 0 Å². The number of rotatable bonds is 7. The molecule has 1 N–H and O–H groups in total. The first-order valence-electron chi connectivity index (χ1n) is 7.90. The molecule has 0 saturated heterocycles. The largest absolute Gasteiger partial charge is 0.478 e. The number of methoxy groups -OCH3 is 1. The van der Waals surface area contributed by atoms with Crippen molar-refractivity contribution >= 4 is 11.8 Å². The number of pyridine rings is 1. The van der Waals surface area contributed by atoms with Gasteiger partial charge in [-0.15, -0.1) is 0 Å². The summed E-state index contributed by atoms with van der Waals surface area (Å²) in [6.07, 6.45) is 2.37. The van der Waals surface area contributed by atoms with Crippen molar-refractivity contribution in [3.05, 3.63) is 58.3 Å². The van der Waals surface area contributed by atoms with Crippen LogP contribution in [0.1, 0.15) is 32.6 Å². The van der Waals surface area contributed by atoms with E-state index in [-0.39, 0.29) is 0 Å². The minimum Gasteiger partial charge on any atom is -0.478 e. The lowest BCUT2D eigenvalue weighted by molar-refractivity contribution is 0.0695. The summed E-state index contributed by atoms with van der Waals surface area (Å²) in [4.78, 5) is 18.0. The van der Waals surface area contributed by atoms with E-state index in [1.165, 1.54) is 0 Å². The molecule has 0 radical (unpaired) electrons. The topological polar surface area (TPSA) is 62.7 Å². The molecule has 5 heteroatoms. The summed E-state index contributed by atoms with van der Waals surface area (Å²) < 4.78 is 5.10. The molecule has 0 amide bonds. The first-order chi connectivity index (χ1) is 11.4. The van der Waals surface area contributed by atoms with Crippen LogP contribution in [0.3, 0.4) is 0 Å². The van der Waals surface area contributed by atoms with Gasteiger partial charge >= 0.3 is 5.97 Å². The molecule has 2 rings (SSSR count). The average molecular weight is 328 g/mol. The molecule has 0 saturated carbocycles. The van der Waals surface area contributed by atoms with Crippen molar-refractivity contribution in [1.29, 1.82) is 0 Å². The molecule has 2 aromatic rings. The number of carbonyl (C=O) groups is 1. The second-order valence-electron chi connectivity index (χ2n) is 6.04. The molecule has 0 atom stereocenters. The Bertz CT molecular complexity index is 729. The highest BCUT2D eigenvalue weighted by molar-refractivity contribution is 5.89. The zero-order valence-electron chi connectivity index (χ0n) is 14.7. The summed E-state index contributed by atoms with van der Waals surface area (Å²) in [7, 11) is 3.66. The van der Waals surface area contributed by atoms with Crippen molar-refractivity contribution in [2.75, 3.05) is 32.2 Å². The third-order valence-electron chi connectivity index (χ3n) is 3.99. The van der Waals surface area contributed by atoms with Gasteiger partial charge in [0.1, 0.15) is 5.82 Å². The van der Waals surface area contributed by atoms with E-state index in [4.69, 9.17) is 4.74 Å². The second-order valence-corrected chi connectivity index (χ2v) is 6.04. The molecule has 1 aromatic carbocycles. The van der Waals surface area contributed by atoms with Crippen molar-refractivity contribution in [2.24, 2.45) is 0 Å². The summed E-state index contributed by atoms with van der Waals surface area (Å²) in [6, 6.07) is 7.60. The van der Waals surface area contributed by atoms with Crippen LogP contribution in [0.2, 0.25) is 0 Å². The van der Waals surface area contributed by atoms with Crippen LogP contribution >= 0.6 is 0 Å². The molecule has 0 spiro atoms. The third-order valence-corrected chi connectivity index (χ3v) is 3.99. The van der Waals surface area contributed by atoms with Crippen LogP contribution in [0, 0.1) is 13.8 Å². The van der Waals surface area contributed by atoms with Crippen LogP contribution in [-0.2, 0) is 11.2 Å². The fourth-order valence-corrected chi connectivity index (χ4v) is 2.72. The molecule has 24 heavy (non-hydrogen) atoms. The van der Waals surface area contributed by atoms with Crippen LogP contribution in [-0.4, -0.2) is 43.4 Å². The Morgan fingerprint density at radius 3 is 2.67 bits per heavy atom. The Kier molecular flexibility index (Phi) is 5.93. The normalized spacial score (nSPS) is 10.7. The van der Waals surface area contributed by atoms with Gasteiger partial charge < -0.3 is 14.7 Å². The standard InChI is InChI=1S/C19H24N2O3/c1-13-5-6-16(17(9-13)19(22)23)11-15-10-14(2)18(20-12-15)21(3)7-8-24-4/h5-6,9-10,12H,7-8,11H2,1-4H3,(H,22,23). The van der Waals surface area contributed by atoms with Crippen LogP contribution in [0.4, 0.5) is 5.82 Å². The molecule has 0 fully saturated rings. The predicted molar refractivity (Wildman–Crippen MR) is 95.1 cm³/mol. The maximum Gasteiger partial charge on any atom is 0.335 e. The highest BCUT2D eigenvalue weighted by Crippen LogP contribution is 2.21. The molecule has 0 bridgehead atoms. The number of carboxylic acids is 1. The number of carboxylic acid groups (broad SMARTS) is 1. The lowest BCUT2D eigenvalue weighted by atomic mass is 9.98. The lowest BCUT2D eigenvalue weighted by Gasteiger charge is -2.20. The van der Waals surface area contributed by atoms with Crippen molar-refractivity contribution < 1.29 is 14.6 Å². The van der Waals surface area contributed by atoms with E-state index < -0.39 is 5.97 Å². The number of hydrogen-bond donors (Lipinski definition) is 1. The quantitative estimate of drug-likeness (QED) is 0.846. The molecule has 1 heterocycles. The Balaban J connectivity index is 2.23. The Labute approximate surface area is 142 Å². The van der Waals surface area contributed by atoms with Gasteiger partial charge in [0.2, 0.25) is 0 Å². The van der Waals surface area contributed by atoms with Gasteiger partial charge in [-0.1, -0.05) is 23.8 Å². The van der Waals surface area contributed by atoms with Crippen LogP contribution in [0.15, 0.2) is 30.5 Å². The van der Waals surface area contributed by atoms with E-state index in [0.717, 1.165) is 34.6 Å². The van der Waals surface area contributed by atoms with E-state index in [1.807, 2.05) is 39.2 Å². The number of aryl methyl sites for hydroxylation is 2. The summed E-state index contributed by atoms with van der Waals surface area (Å²) in [6.45, 7) is 5.32. The van der Waals surface area contributed by atoms with Gasteiger partial charge in [0.15, 0.2) is 0 Å². The van der Waals surface area contributed by atoms with E-state index in [9.17, 15) is 9.90 Å². The lowest BCUT2D eigenvalue weighted by Crippen LogP contribution is -2.24. The molecule has 0 unspecified atom stereocenters. The molecule has 128 valence electrons. The highest BCUT2D eigenvalue weighted by atomic mass is 16.5. The number of nitrogens with zero attached hydrogens (tertiary/aromatic N) is 2. The molecule has 1 aromatic heterocycles. The van der Waals surface area contributed by atoms with Gasteiger partial charge in [-0.2, -0.15) is 0 Å². The number of likely N-dealkylation sites (N-methyl/N-ethyl adjacent to an activating group) is 1. The number of aromatic nitrogens is 1. The SMILES string of the molecule is COCCN(C)c1ncc(Cc2ccc(C)cc2C(=O)O)cc1C. The monoisotopic (exact) mass is 328 g/mol. The maximum atomic E-state index is 11.4. The van der Waals surface area contributed by atoms with Crippen molar-refractivity contribution in [2.45, 2.75) is 20.3 Å². The smallest absolute Gasteiger partial charge is 0.335 e. The zero-order valence-corrected chi connectivity index (χ0v) is 14.7. The van der Waals surface area contributed by atoms with Crippen molar-refractivity contribution in [1.82, 2.24) is 4.98 Å². The van der Waals surface area contributed by atoms with Crippen LogP contribution in [0.5, 0.6) is 0 Å². The number of ether oxygens (including phenoxy) is 1. The predicted octanol–water partition coefficient (Wildman–Crippen LogP) is 3.07. The summed E-state index contributed by atoms with van der Waals surface area (Å²) >= 11 is 0. The average Bonchev–Trinajstić information content (AvgIpc) is 2.54. The molecule has 0 aliphatic rings. The minimum atomic E-state index is -0.894. The van der Waals surface area contributed by atoms with E-state index in [0.29, 0.717) is 18.6 Å². The second kappa shape index (κ2) is 7.93. The molecule has 0 aliphatic carbocycles. The first-order valence-corrected chi connectivity index (χ1v) is 7.90. The minimum absolute atomic E-state index is 0.356. The van der Waals surface area contributed by atoms with Crippen molar-refractivity contribution in [3.63, 3.8) is 0 Å². The summed E-state index contributed by atoms with van der Waals surface area (Å²) in [5.74, 6) is 0.0208. The number of benzene rings is 1. The molecular formula is C19H24N2O3. The fraction of sp³-hybridized carbons (Fsp3) is 0.368. The van der Waals surface area contributed by atoms with E-state index in [2.05, 4.69) is 16.0 Å². The van der Waals surface area contributed by atoms with Gasteiger partial charge in [-0.3, -0.25) is 0 Å². The summed E-state index contributed by atoms with van der Waals surface area (Å²) in [5.41, 5.74) is 4.17. The van der Waals surface area contributed by atoms with E-state index >= 15 is 0 Å². The molecule has 0 aliphatic heterocycles. The summed E-state index contributed by atoms with van der Waals surface area (Å²) in [5, 5.41) is 9.39. The highest BCUT2D eigenvalue weighted by Gasteiger charge is 2.12. The maximum absolute atomic E-state index is 11.4. The number of anilines is 1. The first kappa shape index (κ1) is 17.9. The Hall–Kier alpha value is -2.40. The van der Waals surface area contributed by atoms with Gasteiger partial charge in [-0.05, 0) is 43.0 Å². The Morgan fingerprint density at radius 1 is 1.29 bits per heavy atom. The molecule has 5 nitrogen and oxygen atoms in total. The van der Waals surface area contributed by atoms with Gasteiger partial charge in [0, 0.05) is 26.9 Å². The fourth-order valence-electron chi connectivity index (χ4n) is 2.72. The third kappa shape index (κ3) is 4.32. The van der Waals surface area contributed by atoms with Crippen molar-refractivity contribution in [3.8, 4) is 0 Å². The van der Waals surface area contributed by atoms with E-state index in [1.54, 1.807) is 13.2 Å². The van der Waals surface area contributed by atoms with Gasteiger partial charge in [0.25, 0.3) is 0 Å². The Morgan fingerprint density at radius 2 is 2.04 bits per heavy atom.